The molecule has 0 atom stereocenters. The fourth-order valence-corrected chi connectivity index (χ4v) is 1.77. The third kappa shape index (κ3) is 3.91. The van der Waals surface area contributed by atoms with E-state index in [0.29, 0.717) is 0 Å². The molecule has 0 aliphatic heterocycles. The molecular weight excluding hydrogens is 180 g/mol. The van der Waals surface area contributed by atoms with Crippen molar-refractivity contribution in [2.45, 2.75) is 47.0 Å². The fraction of sp³-hybridized carbons (Fsp3) is 0.467. The Labute approximate surface area is 94.0 Å². The van der Waals surface area contributed by atoms with Gasteiger partial charge in [-0.3, -0.25) is 0 Å². The molecule has 0 bridgehead atoms. The van der Waals surface area contributed by atoms with Crippen LogP contribution in [0.1, 0.15) is 43.4 Å². The lowest BCUT2D eigenvalue weighted by Crippen LogP contribution is -1.91. The Morgan fingerprint density at radius 3 is 2.67 bits per heavy atom. The zero-order valence-electron chi connectivity index (χ0n) is 10.4. The molecule has 15 heavy (non-hydrogen) atoms. The number of hydrogen-bond acceptors (Lipinski definition) is 0. The number of allylic oxidation sites excluding steroid dienone is 2. The minimum atomic E-state index is 1.21. The van der Waals surface area contributed by atoms with Crippen molar-refractivity contribution in [3.63, 3.8) is 0 Å². The average molecular weight is 202 g/mol. The predicted molar refractivity (Wildman–Crippen MR) is 68.3 cm³/mol. The maximum absolute atomic E-state index is 2.32. The van der Waals surface area contributed by atoms with Crippen molar-refractivity contribution < 1.29 is 0 Å². The van der Waals surface area contributed by atoms with Gasteiger partial charge in [-0.15, -0.1) is 0 Å². The van der Waals surface area contributed by atoms with Gasteiger partial charge in [-0.1, -0.05) is 35.4 Å². The summed E-state index contributed by atoms with van der Waals surface area (Å²) in [5.74, 6) is 0. The summed E-state index contributed by atoms with van der Waals surface area (Å²) in [4.78, 5) is 0. The molecule has 0 radical (unpaired) electrons. The van der Waals surface area contributed by atoms with E-state index in [-0.39, 0.29) is 0 Å². The van der Waals surface area contributed by atoms with E-state index in [2.05, 4.69) is 52.0 Å². The third-order valence-electron chi connectivity index (χ3n) is 3.01. The van der Waals surface area contributed by atoms with Crippen molar-refractivity contribution in [1.29, 1.82) is 0 Å². The Hall–Kier alpha value is -1.04. The highest BCUT2D eigenvalue weighted by Crippen LogP contribution is 2.15. The van der Waals surface area contributed by atoms with Gasteiger partial charge in [0.25, 0.3) is 0 Å². The van der Waals surface area contributed by atoms with Gasteiger partial charge < -0.3 is 0 Å². The summed E-state index contributed by atoms with van der Waals surface area (Å²) in [6.07, 6.45) is 5.91. The van der Waals surface area contributed by atoms with Crippen LogP contribution < -0.4 is 0 Å². The van der Waals surface area contributed by atoms with Gasteiger partial charge in [-0.05, 0) is 58.1 Å². The predicted octanol–water partition coefficient (Wildman–Crippen LogP) is 4.59. The molecule has 82 valence electrons. The van der Waals surface area contributed by atoms with Crippen LogP contribution in [0.5, 0.6) is 0 Å². The number of benzene rings is 1. The lowest BCUT2D eigenvalue weighted by Gasteiger charge is -2.07. The van der Waals surface area contributed by atoms with Crippen LogP contribution in [0.3, 0.4) is 0 Å². The van der Waals surface area contributed by atoms with Gasteiger partial charge in [0.2, 0.25) is 0 Å². The molecule has 0 heterocycles. The maximum Gasteiger partial charge on any atom is -0.0273 e. The number of hydrogen-bond donors (Lipinski definition) is 0. The van der Waals surface area contributed by atoms with Gasteiger partial charge in [0.1, 0.15) is 0 Å². The van der Waals surface area contributed by atoms with Gasteiger partial charge in [0.05, 0.1) is 0 Å². The van der Waals surface area contributed by atoms with Crippen LogP contribution in [0, 0.1) is 13.8 Å². The standard InChI is InChI=1S/C15H22/c1-5-12(2)7-6-8-15-11-13(3)9-10-14(15)4/h5,9-11H,6-8H2,1-4H3/b12-5-. The molecule has 0 amide bonds. The normalized spacial score (nSPS) is 11.9. The monoisotopic (exact) mass is 202 g/mol. The average Bonchev–Trinajstić information content (AvgIpc) is 2.23. The summed E-state index contributed by atoms with van der Waals surface area (Å²) in [6.45, 7) is 8.70. The van der Waals surface area contributed by atoms with E-state index in [4.69, 9.17) is 0 Å². The van der Waals surface area contributed by atoms with Crippen molar-refractivity contribution >= 4 is 0 Å². The summed E-state index contributed by atoms with van der Waals surface area (Å²) < 4.78 is 0. The molecule has 0 saturated carbocycles. The zero-order chi connectivity index (χ0) is 11.3. The first-order chi connectivity index (χ1) is 7.13. The molecule has 0 heteroatoms. The molecule has 1 aromatic carbocycles. The second-order valence-corrected chi connectivity index (χ2v) is 4.42. The minimum Gasteiger partial charge on any atom is -0.0887 e. The van der Waals surface area contributed by atoms with Gasteiger partial charge >= 0.3 is 0 Å². The summed E-state index contributed by atoms with van der Waals surface area (Å²) in [6, 6.07) is 6.74. The molecule has 0 unspecified atom stereocenters. The van der Waals surface area contributed by atoms with Crippen molar-refractivity contribution in [3.8, 4) is 0 Å². The molecular formula is C15H22. The largest absolute Gasteiger partial charge is 0.0887 e. The Morgan fingerprint density at radius 1 is 1.27 bits per heavy atom. The van der Waals surface area contributed by atoms with Crippen LogP contribution in [0.2, 0.25) is 0 Å². The summed E-state index contributed by atoms with van der Waals surface area (Å²) in [7, 11) is 0. The molecule has 0 spiro atoms. The van der Waals surface area contributed by atoms with Crippen LogP contribution in [-0.2, 0) is 6.42 Å². The van der Waals surface area contributed by atoms with E-state index >= 15 is 0 Å². The van der Waals surface area contributed by atoms with E-state index in [1.165, 1.54) is 41.5 Å². The second kappa shape index (κ2) is 5.75. The molecule has 1 rings (SSSR count). The van der Waals surface area contributed by atoms with Crippen molar-refractivity contribution in [3.05, 3.63) is 46.5 Å². The molecule has 0 aliphatic rings. The van der Waals surface area contributed by atoms with Crippen LogP contribution in [0.15, 0.2) is 29.8 Å². The Bertz CT molecular complexity index is 345. The Morgan fingerprint density at radius 2 is 2.00 bits per heavy atom. The van der Waals surface area contributed by atoms with E-state index in [0.717, 1.165) is 0 Å². The smallest absolute Gasteiger partial charge is 0.0273 e. The lowest BCUT2D eigenvalue weighted by molar-refractivity contribution is 0.805. The summed E-state index contributed by atoms with van der Waals surface area (Å²) in [5, 5.41) is 0. The van der Waals surface area contributed by atoms with Crippen LogP contribution in [0.4, 0.5) is 0 Å². The van der Waals surface area contributed by atoms with Gasteiger partial charge in [0.15, 0.2) is 0 Å². The SMILES string of the molecule is C/C=C(/C)CCCc1cc(C)ccc1C. The second-order valence-electron chi connectivity index (χ2n) is 4.42. The molecule has 0 aromatic heterocycles. The van der Waals surface area contributed by atoms with Crippen LogP contribution in [0.25, 0.3) is 0 Å². The highest BCUT2D eigenvalue weighted by Gasteiger charge is 1.98. The molecule has 0 N–H and O–H groups in total. The van der Waals surface area contributed by atoms with Gasteiger partial charge in [-0.25, -0.2) is 0 Å². The Balaban J connectivity index is 2.54. The number of aryl methyl sites for hydroxylation is 3. The first-order valence-electron chi connectivity index (χ1n) is 5.81. The topological polar surface area (TPSA) is 0 Å². The van der Waals surface area contributed by atoms with Gasteiger partial charge in [-0.2, -0.15) is 0 Å². The highest BCUT2D eigenvalue weighted by atomic mass is 14.0. The van der Waals surface area contributed by atoms with Crippen molar-refractivity contribution in [2.75, 3.05) is 0 Å². The molecule has 0 fully saturated rings. The fourth-order valence-electron chi connectivity index (χ4n) is 1.77. The zero-order valence-corrected chi connectivity index (χ0v) is 10.4. The van der Waals surface area contributed by atoms with E-state index in [9.17, 15) is 0 Å². The molecule has 0 aliphatic carbocycles. The third-order valence-corrected chi connectivity index (χ3v) is 3.01. The summed E-state index contributed by atoms with van der Waals surface area (Å²) in [5.41, 5.74) is 5.82. The quantitative estimate of drug-likeness (QED) is 0.626. The first kappa shape index (κ1) is 12.0. The van der Waals surface area contributed by atoms with Crippen LogP contribution >= 0.6 is 0 Å². The van der Waals surface area contributed by atoms with E-state index in [1.54, 1.807) is 0 Å². The Kier molecular flexibility index (Phi) is 4.61. The number of rotatable bonds is 4. The van der Waals surface area contributed by atoms with Crippen LogP contribution in [-0.4, -0.2) is 0 Å². The minimum absolute atomic E-state index is 1.21. The first-order valence-corrected chi connectivity index (χ1v) is 5.81. The van der Waals surface area contributed by atoms with Crippen molar-refractivity contribution in [2.24, 2.45) is 0 Å². The summed E-state index contributed by atoms with van der Waals surface area (Å²) >= 11 is 0. The van der Waals surface area contributed by atoms with E-state index in [1.807, 2.05) is 0 Å². The van der Waals surface area contributed by atoms with E-state index < -0.39 is 0 Å². The molecule has 0 nitrogen and oxygen atoms in total. The maximum atomic E-state index is 2.32. The molecule has 1 aromatic rings. The highest BCUT2D eigenvalue weighted by molar-refractivity contribution is 5.30. The lowest BCUT2D eigenvalue weighted by atomic mass is 9.99. The molecule has 0 saturated heterocycles. The van der Waals surface area contributed by atoms with Crippen molar-refractivity contribution in [1.82, 2.24) is 0 Å². The van der Waals surface area contributed by atoms with Gasteiger partial charge in [0, 0.05) is 0 Å².